The van der Waals surface area contributed by atoms with E-state index in [4.69, 9.17) is 0 Å². The molecule has 1 saturated carbocycles. The predicted molar refractivity (Wildman–Crippen MR) is 108 cm³/mol. The molecule has 2 aromatic rings. The molecule has 2 aliphatic rings. The van der Waals surface area contributed by atoms with Gasteiger partial charge in [-0.2, -0.15) is 0 Å². The number of rotatable bonds is 5. The van der Waals surface area contributed by atoms with E-state index in [9.17, 15) is 9.59 Å². The van der Waals surface area contributed by atoms with Gasteiger partial charge in [0, 0.05) is 48.7 Å². The fraction of sp³-hybridized carbons (Fsp3) is 0.409. The Morgan fingerprint density at radius 1 is 1.25 bits per heavy atom. The van der Waals surface area contributed by atoms with Crippen LogP contribution in [0.5, 0.6) is 0 Å². The molecule has 0 bridgehead atoms. The molecule has 6 nitrogen and oxygen atoms in total. The van der Waals surface area contributed by atoms with Gasteiger partial charge in [0.2, 0.25) is 5.91 Å². The molecule has 1 atom stereocenters. The van der Waals surface area contributed by atoms with E-state index in [0.29, 0.717) is 18.2 Å². The Labute approximate surface area is 165 Å². The molecule has 1 aromatic carbocycles. The molecule has 1 saturated heterocycles. The molecular formula is C22H26N4O2. The maximum Gasteiger partial charge on any atom is 0.254 e. The molecule has 28 heavy (non-hydrogen) atoms. The fourth-order valence-electron chi connectivity index (χ4n) is 4.06. The van der Waals surface area contributed by atoms with Crippen molar-refractivity contribution in [1.82, 2.24) is 14.5 Å². The maximum absolute atomic E-state index is 13.2. The van der Waals surface area contributed by atoms with E-state index >= 15 is 0 Å². The van der Waals surface area contributed by atoms with Crippen LogP contribution < -0.4 is 4.90 Å². The second-order valence-corrected chi connectivity index (χ2v) is 8.40. The second kappa shape index (κ2) is 6.62. The number of aromatic nitrogens is 2. The van der Waals surface area contributed by atoms with Gasteiger partial charge in [0.15, 0.2) is 0 Å². The lowest BCUT2D eigenvalue weighted by Crippen LogP contribution is -2.58. The van der Waals surface area contributed by atoms with Crippen LogP contribution in [0.2, 0.25) is 0 Å². The summed E-state index contributed by atoms with van der Waals surface area (Å²) in [6.45, 7) is 8.58. The Hall–Kier alpha value is -2.89. The number of amides is 2. The third kappa shape index (κ3) is 3.03. The van der Waals surface area contributed by atoms with Crippen LogP contribution in [-0.4, -0.2) is 39.9 Å². The van der Waals surface area contributed by atoms with E-state index in [1.165, 1.54) is 23.8 Å². The van der Waals surface area contributed by atoms with Crippen LogP contribution in [-0.2, 0) is 4.79 Å². The molecule has 2 amide bonds. The van der Waals surface area contributed by atoms with Crippen molar-refractivity contribution >= 4 is 17.5 Å². The van der Waals surface area contributed by atoms with Crippen LogP contribution in [0.1, 0.15) is 55.0 Å². The second-order valence-electron chi connectivity index (χ2n) is 8.40. The van der Waals surface area contributed by atoms with Gasteiger partial charge in [-0.1, -0.05) is 20.4 Å². The van der Waals surface area contributed by atoms with Gasteiger partial charge in [-0.25, -0.2) is 4.98 Å². The van der Waals surface area contributed by atoms with E-state index < -0.39 is 0 Å². The van der Waals surface area contributed by atoms with Crippen molar-refractivity contribution in [1.29, 1.82) is 0 Å². The summed E-state index contributed by atoms with van der Waals surface area (Å²) in [5.41, 5.74) is 1.34. The normalized spacial score (nSPS) is 20.4. The summed E-state index contributed by atoms with van der Waals surface area (Å²) in [5, 5.41) is 0. The Bertz CT molecular complexity index is 924. The largest absolute Gasteiger partial charge is 0.330 e. The number of likely N-dealkylation sites (tertiary alicyclic amines) is 1. The van der Waals surface area contributed by atoms with Crippen molar-refractivity contribution in [3.8, 4) is 0 Å². The first-order chi connectivity index (χ1) is 13.3. The Morgan fingerprint density at radius 3 is 2.50 bits per heavy atom. The zero-order valence-electron chi connectivity index (χ0n) is 16.6. The third-order valence-corrected chi connectivity index (χ3v) is 5.78. The maximum atomic E-state index is 13.2. The van der Waals surface area contributed by atoms with E-state index in [2.05, 4.69) is 30.0 Å². The van der Waals surface area contributed by atoms with Gasteiger partial charge in [0.1, 0.15) is 5.82 Å². The number of imidazole rings is 1. The first-order valence-electron chi connectivity index (χ1n) is 9.67. The molecular weight excluding hydrogens is 352 g/mol. The number of hydrogen-bond donors (Lipinski definition) is 0. The van der Waals surface area contributed by atoms with Crippen molar-refractivity contribution in [2.24, 2.45) is 5.41 Å². The summed E-state index contributed by atoms with van der Waals surface area (Å²) in [7, 11) is 1.69. The van der Waals surface area contributed by atoms with Gasteiger partial charge < -0.3 is 14.4 Å². The number of likely N-dealkylation sites (N-methyl/N-ethyl adjacent to an activating group) is 1. The highest BCUT2D eigenvalue weighted by molar-refractivity contribution is 6.01. The monoisotopic (exact) mass is 378 g/mol. The zero-order chi connectivity index (χ0) is 20.1. The molecule has 0 radical (unpaired) electrons. The summed E-state index contributed by atoms with van der Waals surface area (Å²) in [5.74, 6) is 0.800. The van der Waals surface area contributed by atoms with E-state index in [-0.39, 0.29) is 23.3 Å². The van der Waals surface area contributed by atoms with Crippen molar-refractivity contribution in [3.05, 3.63) is 60.7 Å². The van der Waals surface area contributed by atoms with Crippen LogP contribution >= 0.6 is 0 Å². The van der Waals surface area contributed by atoms with Gasteiger partial charge in [-0.15, -0.1) is 0 Å². The molecule has 1 aliphatic heterocycles. The average molecular weight is 378 g/mol. The lowest BCUT2D eigenvalue weighted by Gasteiger charge is -2.53. The predicted octanol–water partition coefficient (Wildman–Crippen LogP) is 3.59. The zero-order valence-corrected chi connectivity index (χ0v) is 16.6. The SMILES string of the molecule is C=CC(=O)N(C)c1ccc(C(=O)N2CC(C)(C)C2c2nccn2C2CC2)cc1. The minimum atomic E-state index is -0.185. The Kier molecular flexibility index (Phi) is 4.37. The number of carbonyl (C=O) groups is 2. The average Bonchev–Trinajstić information content (AvgIpc) is 3.43. The van der Waals surface area contributed by atoms with E-state index in [0.717, 1.165) is 11.5 Å². The Balaban J connectivity index is 1.56. The minimum Gasteiger partial charge on any atom is -0.330 e. The standard InChI is InChI=1S/C22H26N4O2/c1-5-18(27)24(4)16-8-6-15(7-9-16)21(28)26-14-22(2,3)19(26)20-23-12-13-25(20)17-10-11-17/h5-9,12-13,17,19H,1,10-11,14H2,2-4H3. The number of nitrogens with zero attached hydrogens (tertiary/aromatic N) is 4. The van der Waals surface area contributed by atoms with E-state index in [1.807, 2.05) is 17.3 Å². The molecule has 146 valence electrons. The number of hydrogen-bond acceptors (Lipinski definition) is 3. The van der Waals surface area contributed by atoms with E-state index in [1.54, 1.807) is 31.3 Å². The van der Waals surface area contributed by atoms with Crippen molar-refractivity contribution in [3.63, 3.8) is 0 Å². The molecule has 1 aliphatic carbocycles. The van der Waals surface area contributed by atoms with Crippen molar-refractivity contribution < 1.29 is 9.59 Å². The quantitative estimate of drug-likeness (QED) is 0.747. The summed E-state index contributed by atoms with van der Waals surface area (Å²) in [6.07, 6.45) is 7.51. The molecule has 0 N–H and O–H groups in total. The van der Waals surface area contributed by atoms with Gasteiger partial charge >= 0.3 is 0 Å². The molecule has 2 heterocycles. The van der Waals surface area contributed by atoms with Crippen LogP contribution in [0.4, 0.5) is 5.69 Å². The number of carbonyl (C=O) groups excluding carboxylic acids is 2. The molecule has 6 heteroatoms. The smallest absolute Gasteiger partial charge is 0.254 e. The summed E-state index contributed by atoms with van der Waals surface area (Å²) in [4.78, 5) is 33.0. The van der Waals surface area contributed by atoms with Crippen LogP contribution in [0.25, 0.3) is 0 Å². The molecule has 0 spiro atoms. The fourth-order valence-corrected chi connectivity index (χ4v) is 4.06. The molecule has 1 unspecified atom stereocenters. The first-order valence-corrected chi connectivity index (χ1v) is 9.67. The summed E-state index contributed by atoms with van der Waals surface area (Å²) < 4.78 is 2.24. The van der Waals surface area contributed by atoms with Gasteiger partial charge in [0.25, 0.3) is 5.91 Å². The minimum absolute atomic E-state index is 0.000998. The third-order valence-electron chi connectivity index (χ3n) is 5.78. The van der Waals surface area contributed by atoms with Gasteiger partial charge in [-0.3, -0.25) is 9.59 Å². The Morgan fingerprint density at radius 2 is 1.93 bits per heavy atom. The molecule has 2 fully saturated rings. The molecule has 4 rings (SSSR count). The van der Waals surface area contributed by atoms with Crippen LogP contribution in [0.15, 0.2) is 49.3 Å². The van der Waals surface area contributed by atoms with Crippen molar-refractivity contribution in [2.75, 3.05) is 18.5 Å². The summed E-state index contributed by atoms with van der Waals surface area (Å²) >= 11 is 0. The topological polar surface area (TPSA) is 58.4 Å². The number of benzene rings is 1. The van der Waals surface area contributed by atoms with Crippen LogP contribution in [0, 0.1) is 5.41 Å². The lowest BCUT2D eigenvalue weighted by molar-refractivity contribution is -0.113. The molecule has 1 aromatic heterocycles. The van der Waals surface area contributed by atoms with Gasteiger partial charge in [-0.05, 0) is 43.2 Å². The van der Waals surface area contributed by atoms with Crippen molar-refractivity contribution in [2.45, 2.75) is 38.8 Å². The van der Waals surface area contributed by atoms with Gasteiger partial charge in [0.05, 0.1) is 6.04 Å². The summed E-state index contributed by atoms with van der Waals surface area (Å²) in [6, 6.07) is 7.64. The highest BCUT2D eigenvalue weighted by Gasteiger charge is 2.51. The number of anilines is 1. The first kappa shape index (κ1) is 18.5. The highest BCUT2D eigenvalue weighted by atomic mass is 16.2. The highest BCUT2D eigenvalue weighted by Crippen LogP contribution is 2.50. The lowest BCUT2D eigenvalue weighted by atomic mass is 9.74. The van der Waals surface area contributed by atoms with Crippen LogP contribution in [0.3, 0.4) is 0 Å².